The number of nitrogens with one attached hydrogen (secondary N) is 3. The van der Waals surface area contributed by atoms with Gasteiger partial charge in [0.15, 0.2) is 5.11 Å². The number of hydrazine groups is 1. The highest BCUT2D eigenvalue weighted by Crippen LogP contribution is 2.04. The van der Waals surface area contributed by atoms with Gasteiger partial charge in [-0.05, 0) is 42.9 Å². The Labute approximate surface area is 145 Å². The summed E-state index contributed by atoms with van der Waals surface area (Å²) in [4.78, 5) is 27.4. The average molecular weight is 340 g/mol. The molecule has 1 aromatic carbocycles. The third kappa shape index (κ3) is 5.62. The van der Waals surface area contributed by atoms with Crippen LogP contribution in [0.25, 0.3) is 6.08 Å². The van der Waals surface area contributed by atoms with Crippen LogP contribution in [-0.2, 0) is 4.79 Å². The second kappa shape index (κ2) is 8.54. The molecule has 0 fully saturated rings. The number of rotatable bonds is 3. The molecule has 2 amide bonds. The van der Waals surface area contributed by atoms with Gasteiger partial charge in [0.1, 0.15) is 0 Å². The molecule has 0 aliphatic carbocycles. The van der Waals surface area contributed by atoms with Crippen molar-refractivity contribution in [2.45, 2.75) is 6.92 Å². The summed E-state index contributed by atoms with van der Waals surface area (Å²) in [6.07, 6.45) is 6.05. The third-order valence-corrected chi connectivity index (χ3v) is 3.18. The van der Waals surface area contributed by atoms with Crippen molar-refractivity contribution in [3.63, 3.8) is 0 Å². The molecule has 0 spiro atoms. The number of carbonyl (C=O) groups is 2. The SMILES string of the molecule is Cc1ccc(/C=C/C(=O)NC(=S)NNC(=O)c2ccncc2)cc1. The number of hydrogen-bond donors (Lipinski definition) is 3. The molecule has 1 aromatic heterocycles. The molecule has 3 N–H and O–H groups in total. The van der Waals surface area contributed by atoms with Crippen molar-refractivity contribution < 1.29 is 9.59 Å². The summed E-state index contributed by atoms with van der Waals surface area (Å²) >= 11 is 4.94. The lowest BCUT2D eigenvalue weighted by atomic mass is 10.1. The van der Waals surface area contributed by atoms with Crippen LogP contribution in [0.2, 0.25) is 0 Å². The van der Waals surface area contributed by atoms with Gasteiger partial charge >= 0.3 is 0 Å². The summed E-state index contributed by atoms with van der Waals surface area (Å²) in [5, 5.41) is 2.43. The highest BCUT2D eigenvalue weighted by Gasteiger charge is 2.05. The maximum Gasteiger partial charge on any atom is 0.269 e. The predicted molar refractivity (Wildman–Crippen MR) is 95.8 cm³/mol. The van der Waals surface area contributed by atoms with Crippen molar-refractivity contribution in [1.29, 1.82) is 0 Å². The number of aromatic nitrogens is 1. The Balaban J connectivity index is 1.78. The van der Waals surface area contributed by atoms with Crippen molar-refractivity contribution in [2.75, 3.05) is 0 Å². The first-order valence-electron chi connectivity index (χ1n) is 7.10. The van der Waals surface area contributed by atoms with Crippen molar-refractivity contribution in [1.82, 2.24) is 21.2 Å². The van der Waals surface area contributed by atoms with Crippen molar-refractivity contribution in [3.05, 3.63) is 71.6 Å². The minimum atomic E-state index is -0.397. The average Bonchev–Trinajstić information content (AvgIpc) is 2.60. The van der Waals surface area contributed by atoms with E-state index in [1.807, 2.05) is 31.2 Å². The fourth-order valence-electron chi connectivity index (χ4n) is 1.72. The predicted octanol–water partition coefficient (Wildman–Crippen LogP) is 1.74. The molecule has 6 nitrogen and oxygen atoms in total. The molecule has 0 aliphatic heterocycles. The van der Waals surface area contributed by atoms with E-state index in [2.05, 4.69) is 21.2 Å². The molecular weight excluding hydrogens is 324 g/mol. The molecule has 0 atom stereocenters. The minimum Gasteiger partial charge on any atom is -0.298 e. The van der Waals surface area contributed by atoms with Crippen LogP contribution < -0.4 is 16.2 Å². The second-order valence-electron chi connectivity index (χ2n) is 4.88. The van der Waals surface area contributed by atoms with Crippen LogP contribution in [0.15, 0.2) is 54.9 Å². The van der Waals surface area contributed by atoms with E-state index in [1.165, 1.54) is 18.5 Å². The Bertz CT molecular complexity index is 758. The summed E-state index contributed by atoms with van der Waals surface area (Å²) in [6.45, 7) is 1.99. The van der Waals surface area contributed by atoms with E-state index in [4.69, 9.17) is 12.2 Å². The molecule has 2 rings (SSSR count). The zero-order valence-corrected chi connectivity index (χ0v) is 13.8. The number of aryl methyl sites for hydroxylation is 1. The van der Waals surface area contributed by atoms with Gasteiger partial charge < -0.3 is 0 Å². The Hall–Kier alpha value is -3.06. The standard InChI is InChI=1S/C17H16N4O2S/c1-12-2-4-13(5-3-12)6-7-15(22)19-17(24)21-20-16(23)14-8-10-18-11-9-14/h2-11H,1H3,(H,20,23)(H2,19,21,22,24)/b7-6+. The monoisotopic (exact) mass is 340 g/mol. The van der Waals surface area contributed by atoms with Crippen LogP contribution >= 0.6 is 12.2 Å². The molecule has 122 valence electrons. The fourth-order valence-corrected chi connectivity index (χ4v) is 1.87. The van der Waals surface area contributed by atoms with Gasteiger partial charge in [0.25, 0.3) is 5.91 Å². The molecule has 0 radical (unpaired) electrons. The Morgan fingerprint density at radius 1 is 1.04 bits per heavy atom. The molecular formula is C17H16N4O2S. The van der Waals surface area contributed by atoms with E-state index in [-0.39, 0.29) is 11.0 Å². The first-order chi connectivity index (χ1) is 11.5. The first kappa shape index (κ1) is 17.3. The highest BCUT2D eigenvalue weighted by molar-refractivity contribution is 7.80. The zero-order chi connectivity index (χ0) is 17.4. The number of benzene rings is 1. The van der Waals surface area contributed by atoms with E-state index in [0.717, 1.165) is 11.1 Å². The maximum absolute atomic E-state index is 11.8. The normalized spacial score (nSPS) is 10.2. The molecule has 0 unspecified atom stereocenters. The summed E-state index contributed by atoms with van der Waals surface area (Å²) in [5.41, 5.74) is 7.32. The van der Waals surface area contributed by atoms with Gasteiger partial charge in [-0.3, -0.25) is 30.7 Å². The largest absolute Gasteiger partial charge is 0.298 e. The third-order valence-electron chi connectivity index (χ3n) is 2.97. The van der Waals surface area contributed by atoms with Gasteiger partial charge in [-0.2, -0.15) is 0 Å². The fraction of sp³-hybridized carbons (Fsp3) is 0.0588. The smallest absolute Gasteiger partial charge is 0.269 e. The lowest BCUT2D eigenvalue weighted by molar-refractivity contribution is -0.115. The minimum absolute atomic E-state index is 0.00374. The van der Waals surface area contributed by atoms with Crippen molar-refractivity contribution in [3.8, 4) is 0 Å². The molecule has 1 heterocycles. The van der Waals surface area contributed by atoms with Crippen LogP contribution in [0.3, 0.4) is 0 Å². The molecule has 7 heteroatoms. The molecule has 0 bridgehead atoms. The van der Waals surface area contributed by atoms with E-state index >= 15 is 0 Å². The zero-order valence-electron chi connectivity index (χ0n) is 12.9. The maximum atomic E-state index is 11.8. The first-order valence-corrected chi connectivity index (χ1v) is 7.51. The molecule has 24 heavy (non-hydrogen) atoms. The van der Waals surface area contributed by atoms with E-state index in [0.29, 0.717) is 5.56 Å². The van der Waals surface area contributed by atoms with Gasteiger partial charge in [0, 0.05) is 24.0 Å². The van der Waals surface area contributed by atoms with Gasteiger partial charge in [0.05, 0.1) is 0 Å². The van der Waals surface area contributed by atoms with Crippen LogP contribution in [0, 0.1) is 6.92 Å². The molecule has 0 saturated heterocycles. The number of thiocarbonyl (C=S) groups is 1. The van der Waals surface area contributed by atoms with E-state index in [1.54, 1.807) is 18.2 Å². The Kier molecular flexibility index (Phi) is 6.16. The number of nitrogens with zero attached hydrogens (tertiary/aromatic N) is 1. The number of amides is 2. The topological polar surface area (TPSA) is 83.1 Å². The van der Waals surface area contributed by atoms with Crippen LogP contribution in [0.5, 0.6) is 0 Å². The van der Waals surface area contributed by atoms with E-state index < -0.39 is 5.91 Å². The van der Waals surface area contributed by atoms with Crippen LogP contribution in [0.4, 0.5) is 0 Å². The Morgan fingerprint density at radius 3 is 2.38 bits per heavy atom. The summed E-state index contributed by atoms with van der Waals surface area (Å²) in [5.74, 6) is -0.782. The van der Waals surface area contributed by atoms with Gasteiger partial charge in [0.2, 0.25) is 5.91 Å². The number of hydrogen-bond acceptors (Lipinski definition) is 4. The Morgan fingerprint density at radius 2 is 1.71 bits per heavy atom. The second-order valence-corrected chi connectivity index (χ2v) is 5.29. The van der Waals surface area contributed by atoms with Gasteiger partial charge in [-0.25, -0.2) is 0 Å². The van der Waals surface area contributed by atoms with Crippen molar-refractivity contribution in [2.24, 2.45) is 0 Å². The van der Waals surface area contributed by atoms with Gasteiger partial charge in [-0.1, -0.05) is 29.8 Å². The molecule has 2 aromatic rings. The van der Waals surface area contributed by atoms with Crippen LogP contribution in [0.1, 0.15) is 21.5 Å². The molecule has 0 saturated carbocycles. The lowest BCUT2D eigenvalue weighted by Gasteiger charge is -2.09. The lowest BCUT2D eigenvalue weighted by Crippen LogP contribution is -2.48. The summed E-state index contributed by atoms with van der Waals surface area (Å²) < 4.78 is 0. The van der Waals surface area contributed by atoms with Gasteiger partial charge in [-0.15, -0.1) is 0 Å². The number of pyridine rings is 1. The van der Waals surface area contributed by atoms with E-state index in [9.17, 15) is 9.59 Å². The van der Waals surface area contributed by atoms with Crippen molar-refractivity contribution >= 4 is 35.2 Å². The summed E-state index contributed by atoms with van der Waals surface area (Å²) in [6, 6.07) is 10.8. The summed E-state index contributed by atoms with van der Waals surface area (Å²) in [7, 11) is 0. The quantitative estimate of drug-likeness (QED) is 0.450. The highest BCUT2D eigenvalue weighted by atomic mass is 32.1. The molecule has 0 aliphatic rings. The van der Waals surface area contributed by atoms with Crippen LogP contribution in [-0.4, -0.2) is 21.9 Å². The number of carbonyl (C=O) groups excluding carboxylic acids is 2.